The molecule has 1 aliphatic heterocycles. The van der Waals surface area contributed by atoms with Crippen molar-refractivity contribution in [2.45, 2.75) is 19.9 Å². The third-order valence-corrected chi connectivity index (χ3v) is 4.17. The highest BCUT2D eigenvalue weighted by Crippen LogP contribution is 2.32. The smallest absolute Gasteiger partial charge is 0.231 e. The largest absolute Gasteiger partial charge is 0.454 e. The Morgan fingerprint density at radius 2 is 1.82 bits per heavy atom. The Hall–Kier alpha value is -3.23. The predicted octanol–water partition coefficient (Wildman–Crippen LogP) is 2.89. The highest BCUT2D eigenvalue weighted by atomic mass is 19.2. The van der Waals surface area contributed by atoms with E-state index >= 15 is 0 Å². The molecule has 0 aliphatic carbocycles. The van der Waals surface area contributed by atoms with E-state index in [0.717, 1.165) is 29.5 Å². The van der Waals surface area contributed by atoms with Crippen LogP contribution in [0.4, 0.5) is 18.9 Å². The number of hydrogen-bond acceptors (Lipinski definition) is 4. The van der Waals surface area contributed by atoms with E-state index in [1.807, 2.05) is 0 Å². The van der Waals surface area contributed by atoms with Crippen LogP contribution < -0.4 is 19.7 Å². The van der Waals surface area contributed by atoms with Crippen molar-refractivity contribution in [3.05, 3.63) is 53.3 Å². The molecule has 0 aromatic heterocycles. The first kappa shape index (κ1) is 19.5. The van der Waals surface area contributed by atoms with Gasteiger partial charge in [-0.3, -0.25) is 9.59 Å². The third-order valence-electron chi connectivity index (χ3n) is 4.17. The van der Waals surface area contributed by atoms with Gasteiger partial charge in [0.1, 0.15) is 0 Å². The fourth-order valence-electron chi connectivity index (χ4n) is 2.72. The summed E-state index contributed by atoms with van der Waals surface area (Å²) in [5.74, 6) is -4.29. The van der Waals surface area contributed by atoms with Gasteiger partial charge in [-0.15, -0.1) is 0 Å². The average molecular weight is 394 g/mol. The first-order chi connectivity index (χ1) is 13.4. The molecule has 2 aromatic carbocycles. The molecule has 6 nitrogen and oxygen atoms in total. The van der Waals surface area contributed by atoms with Gasteiger partial charge in [0, 0.05) is 26.4 Å². The molecule has 3 rings (SSSR count). The average Bonchev–Trinajstić information content (AvgIpc) is 3.13. The minimum Gasteiger partial charge on any atom is -0.454 e. The van der Waals surface area contributed by atoms with Crippen molar-refractivity contribution in [1.29, 1.82) is 0 Å². The highest BCUT2D eigenvalue weighted by molar-refractivity contribution is 5.92. The Morgan fingerprint density at radius 1 is 1.07 bits per heavy atom. The van der Waals surface area contributed by atoms with Gasteiger partial charge in [0.15, 0.2) is 29.0 Å². The van der Waals surface area contributed by atoms with Gasteiger partial charge < -0.3 is 19.7 Å². The summed E-state index contributed by atoms with van der Waals surface area (Å²) in [6, 6.07) is 6.92. The van der Waals surface area contributed by atoms with Crippen LogP contribution in [0, 0.1) is 17.5 Å². The number of halogens is 3. The number of amides is 2. The fraction of sp³-hybridized carbons (Fsp3) is 0.263. The molecule has 0 spiro atoms. The van der Waals surface area contributed by atoms with E-state index < -0.39 is 35.0 Å². The van der Waals surface area contributed by atoms with Crippen molar-refractivity contribution >= 4 is 17.5 Å². The van der Waals surface area contributed by atoms with Crippen molar-refractivity contribution in [3.8, 4) is 11.5 Å². The Kier molecular flexibility index (Phi) is 5.72. The molecule has 0 bridgehead atoms. The van der Waals surface area contributed by atoms with Crippen LogP contribution in [-0.2, 0) is 16.1 Å². The molecule has 2 aromatic rings. The Morgan fingerprint density at radius 3 is 2.57 bits per heavy atom. The lowest BCUT2D eigenvalue weighted by atomic mass is 10.2. The van der Waals surface area contributed by atoms with Crippen LogP contribution in [0.1, 0.15) is 18.9 Å². The van der Waals surface area contributed by atoms with Crippen LogP contribution in [-0.4, -0.2) is 25.2 Å². The van der Waals surface area contributed by atoms with Gasteiger partial charge >= 0.3 is 0 Å². The number of nitrogens with zero attached hydrogens (tertiary/aromatic N) is 1. The van der Waals surface area contributed by atoms with Crippen LogP contribution in [0.2, 0.25) is 0 Å². The lowest BCUT2D eigenvalue weighted by Gasteiger charge is -2.21. The number of carbonyl (C=O) groups excluding carboxylic acids is 2. The van der Waals surface area contributed by atoms with E-state index in [9.17, 15) is 22.8 Å². The lowest BCUT2D eigenvalue weighted by molar-refractivity contribution is -0.121. The number of ether oxygens (including phenoxy) is 2. The summed E-state index contributed by atoms with van der Waals surface area (Å²) in [6.07, 6.45) is -0.150. The van der Waals surface area contributed by atoms with Gasteiger partial charge in [0.05, 0.1) is 5.69 Å². The van der Waals surface area contributed by atoms with E-state index in [4.69, 9.17) is 9.47 Å². The first-order valence-corrected chi connectivity index (χ1v) is 8.43. The van der Waals surface area contributed by atoms with E-state index in [1.165, 1.54) is 0 Å². The molecule has 0 unspecified atom stereocenters. The van der Waals surface area contributed by atoms with Crippen molar-refractivity contribution in [2.24, 2.45) is 0 Å². The molecule has 1 N–H and O–H groups in total. The number of fused-ring (bicyclic) bond motifs is 1. The summed E-state index contributed by atoms with van der Waals surface area (Å²) >= 11 is 0. The number of hydrogen-bond donors (Lipinski definition) is 1. The zero-order chi connectivity index (χ0) is 20.3. The Bertz CT molecular complexity index is 920. The molecule has 0 saturated heterocycles. The van der Waals surface area contributed by atoms with Crippen LogP contribution in [0.15, 0.2) is 30.3 Å². The predicted molar refractivity (Wildman–Crippen MR) is 93.4 cm³/mol. The standard InChI is InChI=1S/C19H17F3N2O4/c1-11(25)24(14-4-3-13(20)18(21)19(14)22)7-6-17(26)23-9-12-2-5-15-16(8-12)28-10-27-15/h2-5,8H,6-7,9-10H2,1H3,(H,23,26). The van der Waals surface area contributed by atoms with Gasteiger partial charge in [-0.05, 0) is 29.8 Å². The van der Waals surface area contributed by atoms with Crippen molar-refractivity contribution in [3.63, 3.8) is 0 Å². The van der Waals surface area contributed by atoms with Crippen LogP contribution in [0.25, 0.3) is 0 Å². The van der Waals surface area contributed by atoms with Crippen molar-refractivity contribution in [2.75, 3.05) is 18.2 Å². The summed E-state index contributed by atoms with van der Waals surface area (Å²) in [7, 11) is 0. The second-order valence-electron chi connectivity index (χ2n) is 6.08. The number of carbonyl (C=O) groups is 2. The van der Waals surface area contributed by atoms with Crippen LogP contribution >= 0.6 is 0 Å². The van der Waals surface area contributed by atoms with Crippen molar-refractivity contribution in [1.82, 2.24) is 5.32 Å². The number of rotatable bonds is 6. The summed E-state index contributed by atoms with van der Waals surface area (Å²) in [6.45, 7) is 1.32. The van der Waals surface area contributed by atoms with E-state index in [-0.39, 0.29) is 26.3 Å². The second-order valence-corrected chi connectivity index (χ2v) is 6.08. The second kappa shape index (κ2) is 8.20. The molecule has 28 heavy (non-hydrogen) atoms. The Balaban J connectivity index is 1.59. The molecule has 1 aliphatic rings. The third kappa shape index (κ3) is 4.19. The number of benzene rings is 2. The summed E-state index contributed by atoms with van der Waals surface area (Å²) < 4.78 is 50.9. The van der Waals surface area contributed by atoms with Gasteiger partial charge in [-0.25, -0.2) is 13.2 Å². The summed E-state index contributed by atoms with van der Waals surface area (Å²) in [5.41, 5.74) is 0.364. The van der Waals surface area contributed by atoms with Gasteiger partial charge in [0.25, 0.3) is 0 Å². The maximum absolute atomic E-state index is 13.9. The molecule has 0 atom stereocenters. The molecule has 9 heteroatoms. The minimum absolute atomic E-state index is 0.145. The first-order valence-electron chi connectivity index (χ1n) is 8.43. The van der Waals surface area contributed by atoms with E-state index in [2.05, 4.69) is 5.32 Å². The lowest BCUT2D eigenvalue weighted by Crippen LogP contribution is -2.34. The molecule has 0 radical (unpaired) electrons. The summed E-state index contributed by atoms with van der Waals surface area (Å²) in [4.78, 5) is 24.7. The Labute approximate surface area is 158 Å². The number of nitrogens with one attached hydrogen (secondary N) is 1. The quantitative estimate of drug-likeness (QED) is 0.765. The molecule has 148 valence electrons. The zero-order valence-electron chi connectivity index (χ0n) is 14.9. The topological polar surface area (TPSA) is 67.9 Å². The SMILES string of the molecule is CC(=O)N(CCC(=O)NCc1ccc2c(c1)OCO2)c1ccc(F)c(F)c1F. The van der Waals surface area contributed by atoms with Gasteiger partial charge in [-0.2, -0.15) is 0 Å². The van der Waals surface area contributed by atoms with E-state index in [1.54, 1.807) is 18.2 Å². The fourth-order valence-corrected chi connectivity index (χ4v) is 2.72. The molecular formula is C19H17F3N2O4. The zero-order valence-corrected chi connectivity index (χ0v) is 14.9. The van der Waals surface area contributed by atoms with Crippen LogP contribution in [0.5, 0.6) is 11.5 Å². The molecule has 0 fully saturated rings. The van der Waals surface area contributed by atoms with Crippen LogP contribution in [0.3, 0.4) is 0 Å². The van der Waals surface area contributed by atoms with Gasteiger partial charge in [0.2, 0.25) is 18.6 Å². The van der Waals surface area contributed by atoms with E-state index in [0.29, 0.717) is 11.5 Å². The maximum Gasteiger partial charge on any atom is 0.231 e. The van der Waals surface area contributed by atoms with Crippen molar-refractivity contribution < 1.29 is 32.2 Å². The molecular weight excluding hydrogens is 377 g/mol. The molecule has 1 heterocycles. The molecule has 0 saturated carbocycles. The normalized spacial score (nSPS) is 12.0. The van der Waals surface area contributed by atoms with Gasteiger partial charge in [-0.1, -0.05) is 6.07 Å². The highest BCUT2D eigenvalue weighted by Gasteiger charge is 2.21. The summed E-state index contributed by atoms with van der Waals surface area (Å²) in [5, 5.41) is 2.67. The minimum atomic E-state index is -1.67. The molecule has 2 amide bonds. The monoisotopic (exact) mass is 394 g/mol. The number of anilines is 1. The maximum atomic E-state index is 13.9.